The molecule has 1 heterocycles. The van der Waals surface area contributed by atoms with Crippen molar-refractivity contribution in [3.05, 3.63) is 34.9 Å². The Hall–Kier alpha value is -0.570. The summed E-state index contributed by atoms with van der Waals surface area (Å²) in [5.74, 6) is -0.635. The van der Waals surface area contributed by atoms with Crippen molar-refractivity contribution in [1.82, 2.24) is 0 Å². The maximum atomic E-state index is 5.84. The average Bonchev–Trinajstić information content (AvgIpc) is 2.43. The molecule has 3 atom stereocenters. The van der Waals surface area contributed by atoms with E-state index in [1.54, 1.807) is 0 Å². The molecular formula is C12H15ClO2. The summed E-state index contributed by atoms with van der Waals surface area (Å²) in [4.78, 5) is 0. The summed E-state index contributed by atoms with van der Waals surface area (Å²) in [6, 6.07) is 7.57. The molecule has 3 heteroatoms. The van der Waals surface area contributed by atoms with Crippen LogP contribution in [0.5, 0.6) is 0 Å². The fraction of sp³-hybridized carbons (Fsp3) is 0.500. The number of halogens is 1. The first-order chi connectivity index (χ1) is 7.01. The highest BCUT2D eigenvalue weighted by atomic mass is 35.5. The highest BCUT2D eigenvalue weighted by Crippen LogP contribution is 2.37. The van der Waals surface area contributed by atoms with E-state index < -0.39 is 5.79 Å². The first kappa shape index (κ1) is 10.9. The van der Waals surface area contributed by atoms with Crippen molar-refractivity contribution in [2.75, 3.05) is 0 Å². The molecule has 15 heavy (non-hydrogen) atoms. The van der Waals surface area contributed by atoms with Crippen LogP contribution in [0.4, 0.5) is 0 Å². The fourth-order valence-electron chi connectivity index (χ4n) is 1.82. The molecule has 0 bridgehead atoms. The minimum Gasteiger partial charge on any atom is -0.340 e. The van der Waals surface area contributed by atoms with Crippen LogP contribution in [0.15, 0.2) is 24.3 Å². The van der Waals surface area contributed by atoms with Gasteiger partial charge in [0.1, 0.15) is 0 Å². The SMILES string of the molecule is C[C@@H]1OC(C)(c2ccc(Cl)cc2)O[C@@H]1C. The van der Waals surface area contributed by atoms with Gasteiger partial charge in [0.25, 0.3) is 0 Å². The van der Waals surface area contributed by atoms with E-state index in [-0.39, 0.29) is 12.2 Å². The van der Waals surface area contributed by atoms with E-state index in [9.17, 15) is 0 Å². The van der Waals surface area contributed by atoms with Gasteiger partial charge in [0.05, 0.1) is 12.2 Å². The molecule has 0 spiro atoms. The molecule has 1 aliphatic rings. The summed E-state index contributed by atoms with van der Waals surface area (Å²) in [6.07, 6.45) is 0.233. The lowest BCUT2D eigenvalue weighted by Gasteiger charge is -2.23. The molecule has 1 aliphatic heterocycles. The number of hydrogen-bond acceptors (Lipinski definition) is 2. The van der Waals surface area contributed by atoms with E-state index in [4.69, 9.17) is 21.1 Å². The van der Waals surface area contributed by atoms with Gasteiger partial charge in [-0.25, -0.2) is 0 Å². The molecule has 1 unspecified atom stereocenters. The van der Waals surface area contributed by atoms with Crippen molar-refractivity contribution >= 4 is 11.6 Å². The Morgan fingerprint density at radius 2 is 1.53 bits per heavy atom. The zero-order chi connectivity index (χ0) is 11.1. The highest BCUT2D eigenvalue weighted by molar-refractivity contribution is 6.30. The van der Waals surface area contributed by atoms with Crippen molar-refractivity contribution in [2.45, 2.75) is 38.8 Å². The van der Waals surface area contributed by atoms with E-state index in [0.29, 0.717) is 0 Å². The van der Waals surface area contributed by atoms with Crippen LogP contribution in [0.25, 0.3) is 0 Å². The zero-order valence-corrected chi connectivity index (χ0v) is 9.91. The highest BCUT2D eigenvalue weighted by Gasteiger charge is 2.41. The van der Waals surface area contributed by atoms with Crippen molar-refractivity contribution in [3.8, 4) is 0 Å². The van der Waals surface area contributed by atoms with Crippen LogP contribution < -0.4 is 0 Å². The van der Waals surface area contributed by atoms with Gasteiger partial charge in [0.2, 0.25) is 0 Å². The lowest BCUT2D eigenvalue weighted by atomic mass is 10.1. The number of benzene rings is 1. The van der Waals surface area contributed by atoms with E-state index in [0.717, 1.165) is 10.6 Å². The maximum Gasteiger partial charge on any atom is 0.192 e. The quantitative estimate of drug-likeness (QED) is 0.731. The minimum atomic E-state index is -0.635. The summed E-state index contributed by atoms with van der Waals surface area (Å²) in [5, 5.41) is 0.724. The molecule has 0 aliphatic carbocycles. The van der Waals surface area contributed by atoms with Crippen molar-refractivity contribution in [1.29, 1.82) is 0 Å². The first-order valence-electron chi connectivity index (χ1n) is 5.13. The van der Waals surface area contributed by atoms with Gasteiger partial charge in [-0.1, -0.05) is 23.7 Å². The summed E-state index contributed by atoms with van der Waals surface area (Å²) < 4.78 is 11.6. The molecular weight excluding hydrogens is 212 g/mol. The van der Waals surface area contributed by atoms with E-state index in [1.807, 2.05) is 45.0 Å². The van der Waals surface area contributed by atoms with Crippen LogP contribution in [0.3, 0.4) is 0 Å². The second-order valence-electron chi connectivity index (χ2n) is 4.10. The molecule has 2 rings (SSSR count). The van der Waals surface area contributed by atoms with Gasteiger partial charge in [0.15, 0.2) is 5.79 Å². The third kappa shape index (κ3) is 2.03. The molecule has 0 radical (unpaired) electrons. The van der Waals surface area contributed by atoms with Crippen LogP contribution in [-0.4, -0.2) is 12.2 Å². The van der Waals surface area contributed by atoms with Crippen LogP contribution in [-0.2, 0) is 15.3 Å². The number of ether oxygens (including phenoxy) is 2. The molecule has 0 aromatic heterocycles. The van der Waals surface area contributed by atoms with E-state index >= 15 is 0 Å². The van der Waals surface area contributed by atoms with Gasteiger partial charge in [-0.3, -0.25) is 0 Å². The smallest absolute Gasteiger partial charge is 0.192 e. The van der Waals surface area contributed by atoms with Crippen LogP contribution in [0, 0.1) is 0 Å². The lowest BCUT2D eigenvalue weighted by Crippen LogP contribution is -2.23. The Balaban J connectivity index is 2.27. The topological polar surface area (TPSA) is 18.5 Å². The summed E-state index contributed by atoms with van der Waals surface area (Å²) >= 11 is 5.84. The first-order valence-corrected chi connectivity index (χ1v) is 5.51. The molecule has 1 aromatic rings. The van der Waals surface area contributed by atoms with Gasteiger partial charge in [-0.2, -0.15) is 0 Å². The molecule has 82 valence electrons. The van der Waals surface area contributed by atoms with E-state index in [2.05, 4.69) is 0 Å². The second kappa shape index (κ2) is 3.78. The molecule has 0 amide bonds. The summed E-state index contributed by atoms with van der Waals surface area (Å²) in [5.41, 5.74) is 1.00. The summed E-state index contributed by atoms with van der Waals surface area (Å²) in [6.45, 7) is 5.98. The summed E-state index contributed by atoms with van der Waals surface area (Å²) in [7, 11) is 0. The molecule has 1 saturated heterocycles. The van der Waals surface area contributed by atoms with Gasteiger partial charge in [0, 0.05) is 10.6 Å². The number of rotatable bonds is 1. The largest absolute Gasteiger partial charge is 0.340 e. The van der Waals surface area contributed by atoms with Crippen molar-refractivity contribution in [2.24, 2.45) is 0 Å². The predicted octanol–water partition coefficient (Wildman–Crippen LogP) is 3.34. The van der Waals surface area contributed by atoms with Crippen molar-refractivity contribution in [3.63, 3.8) is 0 Å². The molecule has 0 saturated carbocycles. The third-order valence-corrected chi connectivity index (χ3v) is 3.10. The molecule has 1 fully saturated rings. The Kier molecular flexibility index (Phi) is 2.75. The maximum absolute atomic E-state index is 5.84. The number of hydrogen-bond donors (Lipinski definition) is 0. The Morgan fingerprint density at radius 1 is 1.07 bits per heavy atom. The van der Waals surface area contributed by atoms with E-state index in [1.165, 1.54) is 0 Å². The Bertz CT molecular complexity index is 337. The zero-order valence-electron chi connectivity index (χ0n) is 9.16. The standard InChI is InChI=1S/C12H15ClO2/c1-8-9(2)15-12(3,14-8)10-4-6-11(13)7-5-10/h4-9H,1-3H3/t8-,9+,12?. The molecule has 2 nitrogen and oxygen atoms in total. The monoisotopic (exact) mass is 226 g/mol. The van der Waals surface area contributed by atoms with Crippen LogP contribution in [0.2, 0.25) is 5.02 Å². The van der Waals surface area contributed by atoms with Crippen LogP contribution >= 0.6 is 11.6 Å². The predicted molar refractivity (Wildman–Crippen MR) is 59.9 cm³/mol. The fourth-order valence-corrected chi connectivity index (χ4v) is 1.94. The molecule has 0 N–H and O–H groups in total. The van der Waals surface area contributed by atoms with Crippen LogP contribution in [0.1, 0.15) is 26.3 Å². The average molecular weight is 227 g/mol. The van der Waals surface area contributed by atoms with Gasteiger partial charge >= 0.3 is 0 Å². The third-order valence-electron chi connectivity index (χ3n) is 2.85. The van der Waals surface area contributed by atoms with Gasteiger partial charge in [-0.05, 0) is 32.9 Å². The Labute approximate surface area is 95.1 Å². The lowest BCUT2D eigenvalue weighted by molar-refractivity contribution is -0.166. The Morgan fingerprint density at radius 3 is 2.00 bits per heavy atom. The van der Waals surface area contributed by atoms with Gasteiger partial charge < -0.3 is 9.47 Å². The minimum absolute atomic E-state index is 0.116. The molecule has 1 aromatic carbocycles. The second-order valence-corrected chi connectivity index (χ2v) is 4.53. The van der Waals surface area contributed by atoms with Crippen molar-refractivity contribution < 1.29 is 9.47 Å². The normalized spacial score (nSPS) is 35.7. The van der Waals surface area contributed by atoms with Gasteiger partial charge in [-0.15, -0.1) is 0 Å².